The van der Waals surface area contributed by atoms with Crippen LogP contribution in [0.25, 0.3) is 0 Å². The molecule has 0 aromatic carbocycles. The van der Waals surface area contributed by atoms with E-state index in [0.29, 0.717) is 20.0 Å². The summed E-state index contributed by atoms with van der Waals surface area (Å²) < 4.78 is 59.6. The largest absolute Gasteiger partial charge is 0.454 e. The Morgan fingerprint density at radius 1 is 1.39 bits per heavy atom. The molecule has 0 rings (SSSR count). The Labute approximate surface area is 105 Å². The van der Waals surface area contributed by atoms with Gasteiger partial charge in [-0.25, -0.2) is 0 Å². The lowest BCUT2D eigenvalue weighted by atomic mass is 10.4. The highest BCUT2D eigenvalue weighted by molar-refractivity contribution is 7.86. The third-order valence-corrected chi connectivity index (χ3v) is 3.39. The number of carbonyl (C=O) groups is 1. The molecule has 0 aliphatic heterocycles. The van der Waals surface area contributed by atoms with E-state index in [1.54, 1.807) is 18.7 Å². The molecule has 18 heavy (non-hydrogen) atoms. The van der Waals surface area contributed by atoms with Gasteiger partial charge in [0, 0.05) is 0 Å². The zero-order valence-corrected chi connectivity index (χ0v) is 11.2. The average molecular weight is 289 g/mol. The SMILES string of the molecule is CCN(CC)CC(=O)OC(C)C(F)(F)S(=O)(=O)O. The Hall–Kier alpha value is -0.800. The highest BCUT2D eigenvalue weighted by Gasteiger charge is 2.51. The van der Waals surface area contributed by atoms with Crippen LogP contribution in [0, 0.1) is 0 Å². The van der Waals surface area contributed by atoms with Crippen molar-refractivity contribution in [2.24, 2.45) is 0 Å². The van der Waals surface area contributed by atoms with E-state index in [1.165, 1.54) is 0 Å². The molecule has 0 aromatic rings. The first kappa shape index (κ1) is 17.2. The summed E-state index contributed by atoms with van der Waals surface area (Å²) in [6.07, 6.45) is -2.25. The van der Waals surface area contributed by atoms with Gasteiger partial charge in [-0.2, -0.15) is 17.2 Å². The maximum Gasteiger partial charge on any atom is 0.405 e. The summed E-state index contributed by atoms with van der Waals surface area (Å²) in [6, 6.07) is 0. The van der Waals surface area contributed by atoms with Crippen LogP contribution in [-0.2, 0) is 19.6 Å². The molecule has 9 heteroatoms. The summed E-state index contributed by atoms with van der Waals surface area (Å²) in [5.74, 6) is -0.977. The second-order valence-corrected chi connectivity index (χ2v) is 5.12. The smallest absolute Gasteiger partial charge is 0.405 e. The summed E-state index contributed by atoms with van der Waals surface area (Å²) in [6.45, 7) is 5.07. The van der Waals surface area contributed by atoms with Crippen LogP contribution in [0.15, 0.2) is 0 Å². The third-order valence-electron chi connectivity index (χ3n) is 2.37. The van der Waals surface area contributed by atoms with Gasteiger partial charge in [0.1, 0.15) is 0 Å². The molecule has 1 unspecified atom stereocenters. The summed E-state index contributed by atoms with van der Waals surface area (Å²) in [7, 11) is -5.61. The Kier molecular flexibility index (Phi) is 6.11. The standard InChI is InChI=1S/C9H17F2NO5S/c1-4-12(5-2)6-8(13)17-7(3)9(10,11)18(14,15)16/h7H,4-6H2,1-3H3,(H,14,15,16). The molecule has 0 bridgehead atoms. The summed E-state index contributed by atoms with van der Waals surface area (Å²) in [5.41, 5.74) is 0. The zero-order valence-electron chi connectivity index (χ0n) is 10.4. The summed E-state index contributed by atoms with van der Waals surface area (Å²) in [5, 5.41) is -4.52. The number of carbonyl (C=O) groups excluding carboxylic acids is 1. The van der Waals surface area contributed by atoms with Gasteiger partial charge in [0.2, 0.25) is 0 Å². The van der Waals surface area contributed by atoms with Gasteiger partial charge < -0.3 is 4.74 Å². The molecule has 6 nitrogen and oxygen atoms in total. The molecule has 0 fully saturated rings. The topological polar surface area (TPSA) is 83.9 Å². The number of likely N-dealkylation sites (N-methyl/N-ethyl adjacent to an activating group) is 1. The Morgan fingerprint density at radius 2 is 1.83 bits per heavy atom. The fraction of sp³-hybridized carbons (Fsp3) is 0.889. The number of esters is 1. The van der Waals surface area contributed by atoms with E-state index < -0.39 is 27.4 Å². The number of rotatable bonds is 7. The molecule has 108 valence electrons. The molecule has 0 aliphatic carbocycles. The normalized spacial score (nSPS) is 14.6. The Bertz CT molecular complexity index is 380. The monoisotopic (exact) mass is 289 g/mol. The van der Waals surface area contributed by atoms with Crippen molar-refractivity contribution < 1.29 is 31.3 Å². The van der Waals surface area contributed by atoms with Crippen molar-refractivity contribution in [1.82, 2.24) is 4.90 Å². The van der Waals surface area contributed by atoms with Crippen LogP contribution in [0.5, 0.6) is 0 Å². The number of alkyl halides is 2. The fourth-order valence-electron chi connectivity index (χ4n) is 1.14. The molecule has 0 aliphatic rings. The lowest BCUT2D eigenvalue weighted by molar-refractivity contribution is -0.160. The van der Waals surface area contributed by atoms with Crippen molar-refractivity contribution in [2.75, 3.05) is 19.6 Å². The van der Waals surface area contributed by atoms with E-state index in [9.17, 15) is 22.0 Å². The molecule has 0 amide bonds. The number of hydrogen-bond acceptors (Lipinski definition) is 5. The second kappa shape index (κ2) is 6.39. The highest BCUT2D eigenvalue weighted by Crippen LogP contribution is 2.27. The minimum absolute atomic E-state index is 0.223. The lowest BCUT2D eigenvalue weighted by Gasteiger charge is -2.23. The van der Waals surface area contributed by atoms with Crippen LogP contribution in [-0.4, -0.2) is 54.8 Å². The average Bonchev–Trinajstić information content (AvgIpc) is 2.24. The zero-order chi connectivity index (χ0) is 14.6. The minimum atomic E-state index is -5.61. The van der Waals surface area contributed by atoms with E-state index in [2.05, 4.69) is 4.74 Å². The van der Waals surface area contributed by atoms with Crippen molar-refractivity contribution in [3.05, 3.63) is 0 Å². The van der Waals surface area contributed by atoms with Gasteiger partial charge in [-0.3, -0.25) is 14.2 Å². The maximum atomic E-state index is 13.1. The Morgan fingerprint density at radius 3 is 2.17 bits per heavy atom. The molecule has 0 radical (unpaired) electrons. The third kappa shape index (κ3) is 4.46. The molecule has 0 spiro atoms. The number of nitrogens with zero attached hydrogens (tertiary/aromatic N) is 1. The van der Waals surface area contributed by atoms with Gasteiger partial charge in [0.15, 0.2) is 6.10 Å². The van der Waals surface area contributed by atoms with Gasteiger partial charge in [-0.05, 0) is 20.0 Å². The molecule has 1 N–H and O–H groups in total. The van der Waals surface area contributed by atoms with Crippen molar-refractivity contribution in [1.29, 1.82) is 0 Å². The Balaban J connectivity index is 4.58. The lowest BCUT2D eigenvalue weighted by Crippen LogP contribution is -2.43. The van der Waals surface area contributed by atoms with Crippen LogP contribution in [0.4, 0.5) is 8.78 Å². The van der Waals surface area contributed by atoms with Crippen LogP contribution in [0.1, 0.15) is 20.8 Å². The van der Waals surface area contributed by atoms with Crippen molar-refractivity contribution in [3.8, 4) is 0 Å². The van der Waals surface area contributed by atoms with Crippen molar-refractivity contribution in [3.63, 3.8) is 0 Å². The number of ether oxygens (including phenoxy) is 1. The van der Waals surface area contributed by atoms with Crippen LogP contribution in [0.3, 0.4) is 0 Å². The molecule has 0 heterocycles. The van der Waals surface area contributed by atoms with Gasteiger partial charge in [-0.15, -0.1) is 0 Å². The predicted octanol–water partition coefficient (Wildman–Crippen LogP) is 0.740. The summed E-state index contributed by atoms with van der Waals surface area (Å²) in [4.78, 5) is 12.9. The second-order valence-electron chi connectivity index (χ2n) is 3.63. The van der Waals surface area contributed by atoms with Crippen LogP contribution < -0.4 is 0 Å². The molecule has 0 saturated carbocycles. The van der Waals surface area contributed by atoms with E-state index in [0.717, 1.165) is 0 Å². The van der Waals surface area contributed by atoms with Gasteiger partial charge in [-0.1, -0.05) is 13.8 Å². The van der Waals surface area contributed by atoms with Crippen molar-refractivity contribution in [2.45, 2.75) is 32.1 Å². The molecular formula is C9H17F2NO5S. The van der Waals surface area contributed by atoms with Crippen molar-refractivity contribution >= 4 is 16.1 Å². The minimum Gasteiger partial charge on any atom is -0.454 e. The first-order valence-electron chi connectivity index (χ1n) is 5.32. The first-order chi connectivity index (χ1) is 8.06. The first-order valence-corrected chi connectivity index (χ1v) is 6.76. The van der Waals surface area contributed by atoms with Gasteiger partial charge in [0.25, 0.3) is 0 Å². The molecule has 1 atom stereocenters. The van der Waals surface area contributed by atoms with Crippen LogP contribution >= 0.6 is 0 Å². The quantitative estimate of drug-likeness (QED) is 0.550. The molecule has 0 aromatic heterocycles. The van der Waals surface area contributed by atoms with Gasteiger partial charge in [0.05, 0.1) is 6.54 Å². The maximum absolute atomic E-state index is 13.1. The number of halogens is 2. The van der Waals surface area contributed by atoms with Gasteiger partial charge >= 0.3 is 21.3 Å². The molecule has 0 saturated heterocycles. The van der Waals surface area contributed by atoms with E-state index >= 15 is 0 Å². The number of hydrogen-bond donors (Lipinski definition) is 1. The van der Waals surface area contributed by atoms with E-state index in [-0.39, 0.29) is 6.54 Å². The van der Waals surface area contributed by atoms with Crippen LogP contribution in [0.2, 0.25) is 0 Å². The van der Waals surface area contributed by atoms with E-state index in [4.69, 9.17) is 4.55 Å². The predicted molar refractivity (Wildman–Crippen MR) is 59.8 cm³/mol. The van der Waals surface area contributed by atoms with E-state index in [1.807, 2.05) is 0 Å². The fourth-order valence-corrected chi connectivity index (χ4v) is 1.61. The summed E-state index contributed by atoms with van der Waals surface area (Å²) >= 11 is 0. The highest BCUT2D eigenvalue weighted by atomic mass is 32.2. The molecular weight excluding hydrogens is 272 g/mol.